The lowest BCUT2D eigenvalue weighted by Crippen LogP contribution is -2.53. The van der Waals surface area contributed by atoms with Crippen LogP contribution in [0.15, 0.2) is 24.3 Å². The fourth-order valence-corrected chi connectivity index (χ4v) is 2.90. The first-order valence-corrected chi connectivity index (χ1v) is 7.25. The topological polar surface area (TPSA) is 69.6 Å². The van der Waals surface area contributed by atoms with Crippen LogP contribution in [0.5, 0.6) is 0 Å². The van der Waals surface area contributed by atoms with Crippen molar-refractivity contribution in [1.82, 2.24) is 10.2 Å². The summed E-state index contributed by atoms with van der Waals surface area (Å²) in [4.78, 5) is 25.3. The van der Waals surface area contributed by atoms with Crippen LogP contribution in [0.3, 0.4) is 0 Å². The van der Waals surface area contributed by atoms with Crippen molar-refractivity contribution in [2.75, 3.05) is 0 Å². The molecule has 5 nitrogen and oxygen atoms in total. The van der Waals surface area contributed by atoms with E-state index in [-0.39, 0.29) is 17.5 Å². The van der Waals surface area contributed by atoms with Crippen LogP contribution >= 0.6 is 0 Å². The zero-order valence-corrected chi connectivity index (χ0v) is 12.3. The van der Waals surface area contributed by atoms with Crippen molar-refractivity contribution < 1.29 is 14.7 Å². The van der Waals surface area contributed by atoms with E-state index < -0.39 is 12.0 Å². The molecular formula is C16H20N2O3. The molecule has 1 heterocycles. The molecule has 0 bridgehead atoms. The van der Waals surface area contributed by atoms with Gasteiger partial charge in [-0.05, 0) is 23.0 Å². The Bertz CT molecular complexity index is 597. The number of carboxylic acids is 1. The number of hydrogen-bond donors (Lipinski definition) is 2. The fourth-order valence-electron chi connectivity index (χ4n) is 2.90. The van der Waals surface area contributed by atoms with E-state index >= 15 is 0 Å². The molecule has 2 unspecified atom stereocenters. The third-order valence-corrected chi connectivity index (χ3v) is 4.61. The summed E-state index contributed by atoms with van der Waals surface area (Å²) in [6.07, 6.45) is 1.31. The zero-order valence-electron chi connectivity index (χ0n) is 12.3. The van der Waals surface area contributed by atoms with Crippen molar-refractivity contribution in [3.05, 3.63) is 35.4 Å². The molecule has 2 amide bonds. The van der Waals surface area contributed by atoms with Gasteiger partial charge in [0.05, 0.1) is 0 Å². The van der Waals surface area contributed by atoms with Crippen LogP contribution in [0.1, 0.15) is 31.4 Å². The molecule has 2 N–H and O–H groups in total. The van der Waals surface area contributed by atoms with Gasteiger partial charge in [-0.25, -0.2) is 9.59 Å². The van der Waals surface area contributed by atoms with Gasteiger partial charge in [-0.15, -0.1) is 0 Å². The maximum Gasteiger partial charge on any atom is 0.326 e. The lowest BCUT2D eigenvalue weighted by atomic mass is 9.94. The Morgan fingerprint density at radius 3 is 2.48 bits per heavy atom. The molecule has 0 aromatic heterocycles. The third-order valence-electron chi connectivity index (χ3n) is 4.61. The molecule has 1 aliphatic carbocycles. The van der Waals surface area contributed by atoms with Crippen LogP contribution in [-0.4, -0.2) is 34.1 Å². The minimum atomic E-state index is -0.949. The van der Waals surface area contributed by atoms with E-state index in [1.54, 1.807) is 0 Å². The van der Waals surface area contributed by atoms with Crippen molar-refractivity contribution in [2.45, 2.75) is 45.3 Å². The normalized spacial score (nSPS) is 25.9. The number of nitrogens with one attached hydrogen (secondary N) is 1. The molecule has 1 saturated carbocycles. The SMILES string of the molecule is CC1(C)CC1NC(=O)N1Cc2ccccc2CC1C(=O)O. The van der Waals surface area contributed by atoms with E-state index in [0.717, 1.165) is 17.5 Å². The standard InChI is InChI=1S/C16H20N2O3/c1-16(2)8-13(16)17-15(21)18-9-11-6-4-3-5-10(11)7-12(18)14(19)20/h3-6,12-13H,7-9H2,1-2H3,(H,17,21)(H,19,20). The largest absolute Gasteiger partial charge is 0.480 e. The number of benzene rings is 1. The van der Waals surface area contributed by atoms with Crippen molar-refractivity contribution in [2.24, 2.45) is 5.41 Å². The van der Waals surface area contributed by atoms with Crippen molar-refractivity contribution in [1.29, 1.82) is 0 Å². The first-order chi connectivity index (χ1) is 9.88. The van der Waals surface area contributed by atoms with Crippen molar-refractivity contribution >= 4 is 12.0 Å². The molecule has 0 spiro atoms. The molecule has 2 atom stereocenters. The van der Waals surface area contributed by atoms with E-state index in [4.69, 9.17) is 0 Å². The number of fused-ring (bicyclic) bond motifs is 1. The Labute approximate surface area is 123 Å². The Balaban J connectivity index is 1.79. The first-order valence-electron chi connectivity index (χ1n) is 7.25. The number of nitrogens with zero attached hydrogens (tertiary/aromatic N) is 1. The predicted octanol–water partition coefficient (Wildman–Crippen LogP) is 2.01. The Kier molecular flexibility index (Phi) is 3.15. The van der Waals surface area contributed by atoms with Gasteiger partial charge >= 0.3 is 12.0 Å². The zero-order chi connectivity index (χ0) is 15.2. The number of rotatable bonds is 2. The highest BCUT2D eigenvalue weighted by Gasteiger charge is 2.48. The molecule has 1 aliphatic heterocycles. The second-order valence-electron chi connectivity index (χ2n) is 6.65. The van der Waals surface area contributed by atoms with Gasteiger partial charge in [0, 0.05) is 19.0 Å². The minimum absolute atomic E-state index is 0.127. The first kappa shape index (κ1) is 13.9. The highest BCUT2D eigenvalue weighted by atomic mass is 16.4. The summed E-state index contributed by atoms with van der Waals surface area (Å²) in [7, 11) is 0. The quantitative estimate of drug-likeness (QED) is 0.874. The maximum absolute atomic E-state index is 12.4. The van der Waals surface area contributed by atoms with Crippen LogP contribution in [0.4, 0.5) is 4.79 Å². The van der Waals surface area contributed by atoms with Gasteiger partial charge in [0.15, 0.2) is 0 Å². The van der Waals surface area contributed by atoms with Crippen molar-refractivity contribution in [3.8, 4) is 0 Å². The van der Waals surface area contributed by atoms with Crippen LogP contribution in [0, 0.1) is 5.41 Å². The van der Waals surface area contributed by atoms with Gasteiger partial charge in [-0.1, -0.05) is 38.1 Å². The second kappa shape index (κ2) is 4.76. The molecule has 0 radical (unpaired) electrons. The van der Waals surface area contributed by atoms with Gasteiger partial charge < -0.3 is 15.3 Å². The number of carboxylic acid groups (broad SMARTS) is 1. The Hall–Kier alpha value is -2.04. The molecule has 5 heteroatoms. The number of amides is 2. The predicted molar refractivity (Wildman–Crippen MR) is 77.8 cm³/mol. The third kappa shape index (κ3) is 2.60. The van der Waals surface area contributed by atoms with Crippen LogP contribution in [0.25, 0.3) is 0 Å². The van der Waals surface area contributed by atoms with Gasteiger partial charge in [0.1, 0.15) is 6.04 Å². The van der Waals surface area contributed by atoms with E-state index in [0.29, 0.717) is 13.0 Å². The number of aliphatic carboxylic acids is 1. The summed E-state index contributed by atoms with van der Waals surface area (Å²) < 4.78 is 0. The number of carbonyl (C=O) groups excluding carboxylic acids is 1. The molecule has 3 rings (SSSR count). The Morgan fingerprint density at radius 1 is 1.29 bits per heavy atom. The number of urea groups is 1. The summed E-state index contributed by atoms with van der Waals surface area (Å²) in [5.41, 5.74) is 2.17. The van der Waals surface area contributed by atoms with E-state index in [1.807, 2.05) is 24.3 Å². The number of hydrogen-bond acceptors (Lipinski definition) is 2. The van der Waals surface area contributed by atoms with E-state index in [2.05, 4.69) is 19.2 Å². The molecular weight excluding hydrogens is 268 g/mol. The Morgan fingerprint density at radius 2 is 1.90 bits per heavy atom. The summed E-state index contributed by atoms with van der Waals surface area (Å²) >= 11 is 0. The smallest absolute Gasteiger partial charge is 0.326 e. The number of carbonyl (C=O) groups is 2. The molecule has 1 fully saturated rings. The summed E-state index contributed by atoms with van der Waals surface area (Å²) in [6, 6.07) is 6.80. The second-order valence-corrected chi connectivity index (χ2v) is 6.65. The highest BCUT2D eigenvalue weighted by Crippen LogP contribution is 2.44. The molecule has 1 aromatic carbocycles. The molecule has 112 valence electrons. The molecule has 1 aromatic rings. The van der Waals surface area contributed by atoms with Gasteiger partial charge in [-0.2, -0.15) is 0 Å². The summed E-state index contributed by atoms with van der Waals surface area (Å²) in [5.74, 6) is -0.949. The van der Waals surface area contributed by atoms with Crippen molar-refractivity contribution in [3.63, 3.8) is 0 Å². The minimum Gasteiger partial charge on any atom is -0.480 e. The molecule has 2 aliphatic rings. The lowest BCUT2D eigenvalue weighted by Gasteiger charge is -2.34. The summed E-state index contributed by atoms with van der Waals surface area (Å²) in [6.45, 7) is 4.54. The van der Waals surface area contributed by atoms with Gasteiger partial charge in [0.25, 0.3) is 0 Å². The van der Waals surface area contributed by atoms with Crippen LogP contribution in [0.2, 0.25) is 0 Å². The van der Waals surface area contributed by atoms with E-state index in [1.165, 1.54) is 4.90 Å². The van der Waals surface area contributed by atoms with Gasteiger partial charge in [0.2, 0.25) is 0 Å². The van der Waals surface area contributed by atoms with Crippen LogP contribution < -0.4 is 5.32 Å². The fraction of sp³-hybridized carbons (Fsp3) is 0.500. The van der Waals surface area contributed by atoms with E-state index in [9.17, 15) is 14.7 Å². The monoisotopic (exact) mass is 288 g/mol. The van der Waals surface area contributed by atoms with Crippen LogP contribution in [-0.2, 0) is 17.8 Å². The lowest BCUT2D eigenvalue weighted by molar-refractivity contribution is -0.142. The average Bonchev–Trinajstić information content (AvgIpc) is 3.03. The van der Waals surface area contributed by atoms with Gasteiger partial charge in [-0.3, -0.25) is 0 Å². The molecule has 0 saturated heterocycles. The highest BCUT2D eigenvalue weighted by molar-refractivity contribution is 5.84. The summed E-state index contributed by atoms with van der Waals surface area (Å²) in [5, 5.41) is 12.4. The molecule has 21 heavy (non-hydrogen) atoms. The average molecular weight is 288 g/mol. The maximum atomic E-state index is 12.4.